The van der Waals surface area contributed by atoms with Crippen molar-refractivity contribution in [3.05, 3.63) is 430 Å². The Bertz CT molecular complexity index is 8670. The molecule has 26 rings (SSSR count). The third kappa shape index (κ3) is 12.9. The van der Waals surface area contributed by atoms with Gasteiger partial charge in [-0.05, 0) is 121 Å². The summed E-state index contributed by atoms with van der Waals surface area (Å²) in [5.74, 6) is 3.63. The number of para-hydroxylation sites is 8. The number of nitrogens with one attached hydrogen (secondary N) is 1. The van der Waals surface area contributed by atoms with E-state index in [1.165, 1.54) is 48.7 Å². The number of aromatic amines is 1. The molecule has 0 aliphatic carbocycles. The van der Waals surface area contributed by atoms with Crippen molar-refractivity contribution in [1.29, 1.82) is 0 Å². The molecular weight excluding hydrogens is 1580 g/mol. The number of aromatic nitrogens is 14. The molecule has 15 heteroatoms. The Morgan fingerprint density at radius 2 is 0.614 bits per heavy atom. The predicted molar refractivity (Wildman–Crippen MR) is 520 cm³/mol. The quantitative estimate of drug-likeness (QED) is 0.126. The zero-order chi connectivity index (χ0) is 84.0. The molecule has 0 atom stereocenters. The van der Waals surface area contributed by atoms with Gasteiger partial charge in [-0.1, -0.05) is 291 Å². The molecule has 0 unspecified atom stereocenters. The van der Waals surface area contributed by atoms with Crippen molar-refractivity contribution in [2.75, 3.05) is 0 Å². The van der Waals surface area contributed by atoms with E-state index in [4.69, 9.17) is 41.5 Å². The Hall–Kier alpha value is -17.1. The fraction of sp³-hybridized carbons (Fsp3) is 0. The van der Waals surface area contributed by atoms with Gasteiger partial charge in [-0.2, -0.15) is 0 Å². The molecule has 0 radical (unpaired) electrons. The Morgan fingerprint density at radius 1 is 0.228 bits per heavy atom. The summed E-state index contributed by atoms with van der Waals surface area (Å²) in [5, 5.41) is 14.0. The molecule has 0 amide bonds. The molecule has 14 nitrogen and oxygen atoms in total. The molecule has 596 valence electrons. The van der Waals surface area contributed by atoms with Crippen molar-refractivity contribution < 1.29 is 0 Å². The van der Waals surface area contributed by atoms with Gasteiger partial charge in [0.25, 0.3) is 0 Å². The van der Waals surface area contributed by atoms with Crippen molar-refractivity contribution in [2.24, 2.45) is 0 Å². The van der Waals surface area contributed by atoms with Gasteiger partial charge in [0.1, 0.15) is 11.6 Å². The van der Waals surface area contributed by atoms with Crippen LogP contribution in [-0.4, -0.2) is 67.7 Å². The molecule has 0 bridgehead atoms. The van der Waals surface area contributed by atoms with Crippen molar-refractivity contribution in [2.45, 2.75) is 0 Å². The Morgan fingerprint density at radius 3 is 1.13 bits per heavy atom. The molecule has 0 aliphatic heterocycles. The molecule has 0 fully saturated rings. The summed E-state index contributed by atoms with van der Waals surface area (Å²) in [4.78, 5) is 43.6. The molecule has 10 aromatic heterocycles. The van der Waals surface area contributed by atoms with Crippen molar-refractivity contribution in [3.63, 3.8) is 0 Å². The second-order valence-corrected chi connectivity index (χ2v) is 32.0. The van der Waals surface area contributed by atoms with Crippen LogP contribution in [0.5, 0.6) is 0 Å². The molecule has 0 spiro atoms. The van der Waals surface area contributed by atoms with Crippen LogP contribution in [0.25, 0.3) is 228 Å². The molecule has 10 heterocycles. The monoisotopic (exact) mass is 1650 g/mol. The van der Waals surface area contributed by atoms with Gasteiger partial charge < -0.3 is 23.3 Å². The fourth-order valence-electron chi connectivity index (χ4n) is 18.5. The zero-order valence-electron chi connectivity index (χ0n) is 68.1. The first-order valence-electron chi connectivity index (χ1n) is 42.3. The van der Waals surface area contributed by atoms with Crippen LogP contribution in [0.3, 0.4) is 0 Å². The van der Waals surface area contributed by atoms with Crippen LogP contribution in [0, 0.1) is 0 Å². The molecule has 127 heavy (non-hydrogen) atoms. The minimum absolute atomic E-state index is 0.260. The average Bonchev–Trinajstić information content (AvgIpc) is 1.57. The average molecular weight is 1650 g/mol. The standard InChI is InChI=1S/C56H35N7.C30H20N4.C26H16ClN3/c1-4-16-36(17-5-1)47-35-52(59-55(57-47)37-18-6-2-7-19-37)61-33-32-44-48(61)31-29-42-40-22-11-15-27-50(40)63(54(42)44)56-58-46-25-13-10-24-43(46)53(60-56)38-28-30-51-45(34-38)41-23-12-14-26-49(41)62(51)39-20-8-3-9-21-39;1-3-9-20(10-4-1)26-19-28(33-30(32-26)21-11-5-2-6-12-21)34-18-17-24-27(34)16-15-23-22-13-7-8-14-25(22)31-29(23)24;27-26-28-22-12-6-4-11-20(22)25(29-26)17-14-15-24-21(16-17)19-10-5-7-13-23(19)30(24)18-8-2-1-3-9-18/h1-35H;1-19,31H;1-16H. The number of benzene rings is 16. The minimum Gasteiger partial charge on any atom is -0.354 e. The van der Waals surface area contributed by atoms with Gasteiger partial charge in [0.2, 0.25) is 11.2 Å². The van der Waals surface area contributed by atoms with E-state index in [1.807, 2.05) is 103 Å². The Balaban J connectivity index is 0.000000118. The molecule has 1 N–H and O–H groups in total. The lowest BCUT2D eigenvalue weighted by molar-refractivity contribution is 1.01. The minimum atomic E-state index is 0.260. The summed E-state index contributed by atoms with van der Waals surface area (Å²) in [5.41, 5.74) is 24.8. The summed E-state index contributed by atoms with van der Waals surface area (Å²) in [6, 6.07) is 143. The summed E-state index contributed by atoms with van der Waals surface area (Å²) < 4.78 is 11.2. The van der Waals surface area contributed by atoms with Gasteiger partial charge >= 0.3 is 0 Å². The van der Waals surface area contributed by atoms with Gasteiger partial charge in [0.15, 0.2) is 11.6 Å². The maximum Gasteiger partial charge on any atom is 0.235 e. The molecule has 16 aromatic carbocycles. The van der Waals surface area contributed by atoms with Gasteiger partial charge in [0.05, 0.1) is 83.5 Å². The number of rotatable bonds is 11. The number of halogens is 1. The largest absolute Gasteiger partial charge is 0.354 e. The van der Waals surface area contributed by atoms with E-state index in [0.717, 1.165) is 161 Å². The highest BCUT2D eigenvalue weighted by molar-refractivity contribution is 6.29. The third-order valence-corrected chi connectivity index (χ3v) is 24.4. The number of hydrogen-bond acceptors (Lipinski definition) is 8. The maximum absolute atomic E-state index is 6.24. The second kappa shape index (κ2) is 30.8. The molecule has 0 saturated heterocycles. The molecular formula is C112H71ClN14. The SMILES string of the molecule is Clc1nc(-c2ccc3c(c2)c2ccccc2n3-c2ccccc2)c2ccccc2n1.c1ccc(-c2cc(-n3ccc4c3ccc3c5ccccc5n(-c5nc(-c6ccc7c(c6)c6ccccc6n7-c6ccccc6)c6ccccc6n5)c34)nc(-c3ccccc3)n2)cc1.c1ccc(-c2cc(-n3ccc4c5[nH]c6ccccc6c5ccc43)nc(-c3ccccc3)n2)cc1. The lowest BCUT2D eigenvalue weighted by Crippen LogP contribution is -2.04. The Labute approximate surface area is 732 Å². The van der Waals surface area contributed by atoms with Gasteiger partial charge in [-0.3, -0.25) is 4.57 Å². The lowest BCUT2D eigenvalue weighted by Gasteiger charge is -2.13. The van der Waals surface area contributed by atoms with Crippen LogP contribution >= 0.6 is 11.6 Å². The topological polar surface area (TPSA) is 144 Å². The number of fused-ring (bicyclic) bond motifs is 18. The van der Waals surface area contributed by atoms with Gasteiger partial charge in [-0.25, -0.2) is 39.9 Å². The smallest absolute Gasteiger partial charge is 0.235 e. The number of hydrogen-bond donors (Lipinski definition) is 1. The van der Waals surface area contributed by atoms with Crippen LogP contribution in [0.1, 0.15) is 0 Å². The van der Waals surface area contributed by atoms with E-state index in [1.54, 1.807) is 0 Å². The molecule has 0 aliphatic rings. The summed E-state index contributed by atoms with van der Waals surface area (Å²) in [6.45, 7) is 0. The van der Waals surface area contributed by atoms with E-state index < -0.39 is 0 Å². The van der Waals surface area contributed by atoms with Crippen LogP contribution < -0.4 is 0 Å². The van der Waals surface area contributed by atoms with E-state index in [0.29, 0.717) is 17.6 Å². The first-order chi connectivity index (χ1) is 62.9. The summed E-state index contributed by atoms with van der Waals surface area (Å²) in [6.07, 6.45) is 4.22. The first kappa shape index (κ1) is 73.8. The fourth-order valence-corrected chi connectivity index (χ4v) is 18.7. The van der Waals surface area contributed by atoms with Crippen molar-refractivity contribution in [1.82, 2.24) is 67.7 Å². The van der Waals surface area contributed by atoms with Crippen LogP contribution in [-0.2, 0) is 0 Å². The second-order valence-electron chi connectivity index (χ2n) is 31.6. The van der Waals surface area contributed by atoms with Crippen LogP contribution in [0.2, 0.25) is 5.28 Å². The van der Waals surface area contributed by atoms with E-state index in [9.17, 15) is 0 Å². The summed E-state index contributed by atoms with van der Waals surface area (Å²) >= 11 is 6.24. The van der Waals surface area contributed by atoms with E-state index in [-0.39, 0.29) is 5.28 Å². The highest BCUT2D eigenvalue weighted by atomic mass is 35.5. The predicted octanol–water partition coefficient (Wildman–Crippen LogP) is 28.0. The highest BCUT2D eigenvalue weighted by Crippen LogP contribution is 2.43. The van der Waals surface area contributed by atoms with Crippen LogP contribution in [0.15, 0.2) is 425 Å². The molecule has 26 aromatic rings. The third-order valence-electron chi connectivity index (χ3n) is 24.3. The first-order valence-corrected chi connectivity index (χ1v) is 42.7. The summed E-state index contributed by atoms with van der Waals surface area (Å²) in [7, 11) is 0. The van der Waals surface area contributed by atoms with Crippen molar-refractivity contribution >= 4 is 142 Å². The van der Waals surface area contributed by atoms with Gasteiger partial charge in [-0.15, -0.1) is 0 Å². The normalized spacial score (nSPS) is 11.7. The lowest BCUT2D eigenvalue weighted by atomic mass is 10.0. The van der Waals surface area contributed by atoms with E-state index >= 15 is 0 Å². The van der Waals surface area contributed by atoms with E-state index in [2.05, 4.69) is 360 Å². The number of nitrogens with zero attached hydrogens (tertiary/aromatic N) is 13. The van der Waals surface area contributed by atoms with Crippen LogP contribution in [0.4, 0.5) is 0 Å². The highest BCUT2D eigenvalue weighted by Gasteiger charge is 2.25. The Kier molecular flexibility index (Phi) is 17.9. The van der Waals surface area contributed by atoms with Gasteiger partial charge in [0, 0.05) is 139 Å². The zero-order valence-corrected chi connectivity index (χ0v) is 68.9. The van der Waals surface area contributed by atoms with Crippen molar-refractivity contribution in [3.8, 4) is 96.8 Å². The number of H-pyrrole nitrogens is 1. The maximum atomic E-state index is 6.24. The molecule has 0 saturated carbocycles.